The highest BCUT2D eigenvalue weighted by atomic mass is 14.7. The Balaban J connectivity index is 4.28. The van der Waals surface area contributed by atoms with Gasteiger partial charge in [-0.05, 0) is 0 Å². The third kappa shape index (κ3) is 1.55. The van der Waals surface area contributed by atoms with Crippen molar-refractivity contribution in [2.45, 2.75) is 0 Å². The quantitative estimate of drug-likeness (QED) is 0.319. The van der Waals surface area contributed by atoms with Crippen LogP contribution in [-0.2, 0) is 0 Å². The lowest BCUT2D eigenvalue weighted by Crippen LogP contribution is -1.84. The highest BCUT2D eigenvalue weighted by Gasteiger charge is 1.87. The van der Waals surface area contributed by atoms with Crippen molar-refractivity contribution in [2.75, 3.05) is 0 Å². The van der Waals surface area contributed by atoms with Gasteiger partial charge < -0.3 is 0 Å². The summed E-state index contributed by atoms with van der Waals surface area (Å²) in [6, 6.07) is 2.84. The third-order valence-electron chi connectivity index (χ3n) is 0.374. The third-order valence-corrected chi connectivity index (χ3v) is 0.374. The Hall–Kier alpha value is -1.86. The fourth-order valence-corrected chi connectivity index (χ4v) is 0.125. The Kier molecular flexibility index (Phi) is 2.56. The van der Waals surface area contributed by atoms with E-state index in [4.69, 9.17) is 15.8 Å². The smallest absolute Gasteiger partial charge is 0.190 e. The molecule has 0 fully saturated rings. The lowest BCUT2D eigenvalue weighted by atomic mass is 10.5. The fourth-order valence-electron chi connectivity index (χ4n) is 0.125. The standard InChI is InChI=1S/C4N4/c5-1-4(2-6)8-3-7. The van der Waals surface area contributed by atoms with Gasteiger partial charge in [0.1, 0.15) is 12.1 Å². The summed E-state index contributed by atoms with van der Waals surface area (Å²) < 4.78 is 0. The first-order valence-corrected chi connectivity index (χ1v) is 1.62. The van der Waals surface area contributed by atoms with Crippen LogP contribution in [0.1, 0.15) is 0 Å². The minimum atomic E-state index is -0.410. The maximum atomic E-state index is 7.90. The summed E-state index contributed by atoms with van der Waals surface area (Å²) in [4.78, 5) is 2.86. The summed E-state index contributed by atoms with van der Waals surface area (Å²) in [5, 5.41) is 23.6. The SMILES string of the molecule is N#CN=C(C#N)C#N. The van der Waals surface area contributed by atoms with E-state index in [-0.39, 0.29) is 0 Å². The maximum Gasteiger partial charge on any atom is 0.229 e. The van der Waals surface area contributed by atoms with E-state index >= 15 is 0 Å². The van der Waals surface area contributed by atoms with Gasteiger partial charge in [0.05, 0.1) is 0 Å². The Labute approximate surface area is 45.9 Å². The monoisotopic (exact) mass is 104 g/mol. The van der Waals surface area contributed by atoms with Crippen LogP contribution in [0.3, 0.4) is 0 Å². The van der Waals surface area contributed by atoms with Crippen molar-refractivity contribution in [1.82, 2.24) is 0 Å². The summed E-state index contributed by atoms with van der Waals surface area (Å²) in [7, 11) is 0. The number of rotatable bonds is 0. The first-order chi connectivity index (χ1) is 3.85. The highest BCUT2D eigenvalue weighted by Crippen LogP contribution is 1.68. The topological polar surface area (TPSA) is 83.7 Å². The van der Waals surface area contributed by atoms with Crippen molar-refractivity contribution in [3.63, 3.8) is 0 Å². The second-order valence-corrected chi connectivity index (χ2v) is 0.784. The van der Waals surface area contributed by atoms with E-state index in [1.54, 1.807) is 0 Å². The van der Waals surface area contributed by atoms with Gasteiger partial charge in [0.15, 0.2) is 0 Å². The predicted molar refractivity (Wildman–Crippen MR) is 24.3 cm³/mol. The van der Waals surface area contributed by atoms with E-state index in [1.807, 2.05) is 0 Å². The Morgan fingerprint density at radius 1 is 1.12 bits per heavy atom. The molecule has 36 valence electrons. The molecule has 0 radical (unpaired) electrons. The van der Waals surface area contributed by atoms with Crippen molar-refractivity contribution >= 4 is 5.71 Å². The van der Waals surface area contributed by atoms with E-state index < -0.39 is 5.71 Å². The Morgan fingerprint density at radius 3 is 1.75 bits per heavy atom. The molecule has 0 saturated heterocycles. The Bertz CT molecular complexity index is 202. The second-order valence-electron chi connectivity index (χ2n) is 0.784. The molecular formula is C4N4. The lowest BCUT2D eigenvalue weighted by Gasteiger charge is -1.64. The van der Waals surface area contributed by atoms with Crippen LogP contribution in [0.5, 0.6) is 0 Å². The minimum absolute atomic E-state index is 0.410. The lowest BCUT2D eigenvalue weighted by molar-refractivity contribution is 1.43. The molecule has 0 N–H and O–H groups in total. The molecule has 0 amide bonds. The van der Waals surface area contributed by atoms with Gasteiger partial charge in [0.2, 0.25) is 11.9 Å². The van der Waals surface area contributed by atoms with Crippen LogP contribution in [0.2, 0.25) is 0 Å². The number of hydrogen-bond acceptors (Lipinski definition) is 4. The zero-order chi connectivity index (χ0) is 6.41. The van der Waals surface area contributed by atoms with E-state index in [0.29, 0.717) is 0 Å². The number of nitrogens with zero attached hydrogens (tertiary/aromatic N) is 4. The molecule has 0 spiro atoms. The number of aliphatic imine (C=N–C) groups is 1. The highest BCUT2D eigenvalue weighted by molar-refractivity contribution is 6.10. The van der Waals surface area contributed by atoms with Crippen molar-refractivity contribution in [2.24, 2.45) is 4.99 Å². The summed E-state index contributed by atoms with van der Waals surface area (Å²) >= 11 is 0. The molecule has 0 bridgehead atoms. The fraction of sp³-hybridized carbons (Fsp3) is 0. The van der Waals surface area contributed by atoms with Crippen LogP contribution in [0.15, 0.2) is 4.99 Å². The van der Waals surface area contributed by atoms with Crippen LogP contribution in [-0.4, -0.2) is 5.71 Å². The Morgan fingerprint density at radius 2 is 1.62 bits per heavy atom. The largest absolute Gasteiger partial charge is 0.229 e. The van der Waals surface area contributed by atoms with Crippen LogP contribution >= 0.6 is 0 Å². The van der Waals surface area contributed by atoms with Gasteiger partial charge in [-0.15, -0.1) is 0 Å². The van der Waals surface area contributed by atoms with Gasteiger partial charge >= 0.3 is 0 Å². The van der Waals surface area contributed by atoms with Crippen LogP contribution in [0.4, 0.5) is 0 Å². The molecule has 0 aliphatic rings. The van der Waals surface area contributed by atoms with Crippen molar-refractivity contribution in [3.8, 4) is 18.3 Å². The molecule has 0 saturated carbocycles. The molecule has 0 aromatic heterocycles. The van der Waals surface area contributed by atoms with Gasteiger partial charge in [-0.3, -0.25) is 0 Å². The zero-order valence-electron chi connectivity index (χ0n) is 3.79. The molecule has 8 heavy (non-hydrogen) atoms. The molecule has 0 aliphatic carbocycles. The molecule has 0 aromatic rings. The van der Waals surface area contributed by atoms with Crippen molar-refractivity contribution in [1.29, 1.82) is 15.8 Å². The summed E-state index contributed by atoms with van der Waals surface area (Å²) in [6.45, 7) is 0. The van der Waals surface area contributed by atoms with E-state index in [2.05, 4.69) is 4.99 Å². The average Bonchev–Trinajstić information content (AvgIpc) is 1.83. The van der Waals surface area contributed by atoms with Crippen LogP contribution < -0.4 is 0 Å². The molecule has 0 unspecified atom stereocenters. The molecule has 0 aliphatic heterocycles. The van der Waals surface area contributed by atoms with Crippen molar-refractivity contribution in [3.05, 3.63) is 0 Å². The molecule has 4 heteroatoms. The molecule has 0 atom stereocenters. The van der Waals surface area contributed by atoms with Crippen molar-refractivity contribution < 1.29 is 0 Å². The first kappa shape index (κ1) is 6.14. The molecule has 4 nitrogen and oxygen atoms in total. The number of hydrogen-bond donors (Lipinski definition) is 0. The van der Waals surface area contributed by atoms with Crippen LogP contribution in [0.25, 0.3) is 0 Å². The summed E-state index contributed by atoms with van der Waals surface area (Å²) in [6.07, 6.45) is 1.31. The summed E-state index contributed by atoms with van der Waals surface area (Å²) in [5.41, 5.74) is -0.410. The van der Waals surface area contributed by atoms with Gasteiger partial charge in [-0.25, -0.2) is 0 Å². The predicted octanol–water partition coefficient (Wildman–Crippen LogP) is -0.0444. The zero-order valence-corrected chi connectivity index (χ0v) is 3.79. The van der Waals surface area contributed by atoms with Crippen LogP contribution in [0, 0.1) is 34.1 Å². The second kappa shape index (κ2) is 3.33. The number of nitriles is 3. The van der Waals surface area contributed by atoms with Gasteiger partial charge in [0.25, 0.3) is 0 Å². The molecular weight excluding hydrogens is 104 g/mol. The minimum Gasteiger partial charge on any atom is -0.190 e. The first-order valence-electron chi connectivity index (χ1n) is 1.62. The van der Waals surface area contributed by atoms with Gasteiger partial charge in [-0.2, -0.15) is 20.8 Å². The normalized spacial score (nSPS) is 5.12. The molecule has 0 aromatic carbocycles. The summed E-state index contributed by atoms with van der Waals surface area (Å²) in [5.74, 6) is 0. The molecule has 0 heterocycles. The van der Waals surface area contributed by atoms with E-state index in [0.717, 1.165) is 0 Å². The van der Waals surface area contributed by atoms with E-state index in [1.165, 1.54) is 18.3 Å². The maximum absolute atomic E-state index is 7.90. The molecule has 0 rings (SSSR count). The average molecular weight is 104 g/mol. The van der Waals surface area contributed by atoms with E-state index in [9.17, 15) is 0 Å². The van der Waals surface area contributed by atoms with Gasteiger partial charge in [0, 0.05) is 0 Å². The van der Waals surface area contributed by atoms with Gasteiger partial charge in [-0.1, -0.05) is 0 Å².